The highest BCUT2D eigenvalue weighted by atomic mass is 32.1. The molecule has 4 N–H and O–H groups in total. The highest BCUT2D eigenvalue weighted by Gasteiger charge is 2.29. The molecule has 0 unspecified atom stereocenters. The van der Waals surface area contributed by atoms with Gasteiger partial charge in [-0.1, -0.05) is 121 Å². The van der Waals surface area contributed by atoms with Crippen LogP contribution in [0.1, 0.15) is 162 Å². The molecule has 123 heavy (non-hydrogen) atoms. The van der Waals surface area contributed by atoms with Crippen LogP contribution in [0, 0.1) is 76.1 Å². The fourth-order valence-electron chi connectivity index (χ4n) is 15.5. The predicted molar refractivity (Wildman–Crippen MR) is 473 cm³/mol. The molecule has 17 aromatic rings. The number of piperidine rings is 1. The second-order valence-corrected chi connectivity index (χ2v) is 31.0. The minimum atomic E-state index is -0.524. The molecule has 1 aliphatic rings. The number of carbonyl (C=O) groups excluding carboxylic acids is 4. The van der Waals surface area contributed by atoms with Crippen molar-refractivity contribution in [2.75, 3.05) is 13.1 Å². The van der Waals surface area contributed by atoms with E-state index >= 15 is 0 Å². The molecule has 0 bridgehead atoms. The molecule has 0 spiro atoms. The Morgan fingerprint density at radius 2 is 0.829 bits per heavy atom. The fourth-order valence-corrected chi connectivity index (χ4v) is 16.3. The van der Waals surface area contributed by atoms with Crippen LogP contribution in [0.2, 0.25) is 0 Å². The fraction of sp³-hybridized carbons (Fsp3) is 0.177. The van der Waals surface area contributed by atoms with Gasteiger partial charge >= 0.3 is 0 Å². The van der Waals surface area contributed by atoms with Crippen LogP contribution < -0.4 is 32.6 Å². The first-order valence-electron chi connectivity index (χ1n) is 39.9. The Balaban J connectivity index is 0.000000137. The van der Waals surface area contributed by atoms with Crippen molar-refractivity contribution < 1.29 is 19.2 Å². The monoisotopic (exact) mass is 1640 g/mol. The number of aryl methyl sites for hydroxylation is 5. The van der Waals surface area contributed by atoms with Gasteiger partial charge in [0, 0.05) is 120 Å². The van der Waals surface area contributed by atoms with Gasteiger partial charge in [0.2, 0.25) is 5.91 Å². The number of nitrogens with zero attached hydrogens (tertiary/aromatic N) is 15. The van der Waals surface area contributed by atoms with Crippen molar-refractivity contribution in [3.05, 3.63) is 351 Å². The van der Waals surface area contributed by atoms with Crippen LogP contribution in [0.15, 0.2) is 246 Å². The van der Waals surface area contributed by atoms with Crippen LogP contribution in [0.25, 0.3) is 66.3 Å². The summed E-state index contributed by atoms with van der Waals surface area (Å²) in [7, 11) is 0. The Labute approximate surface area is 709 Å². The summed E-state index contributed by atoms with van der Waals surface area (Å²) in [6.07, 6.45) is 15.1. The first kappa shape index (κ1) is 81.0. The lowest BCUT2D eigenvalue weighted by Crippen LogP contribution is -2.36. The van der Waals surface area contributed by atoms with Crippen molar-refractivity contribution in [1.82, 2.24) is 93.5 Å². The number of rotatable bonds is 12. The number of hydrogen-bond donors (Lipinski definition) is 4. The third-order valence-corrected chi connectivity index (χ3v) is 22.4. The molecule has 0 saturated carbocycles. The van der Waals surface area contributed by atoms with Gasteiger partial charge in [-0.2, -0.15) is 20.4 Å². The van der Waals surface area contributed by atoms with Crippen LogP contribution in [0.3, 0.4) is 0 Å². The number of nitrogens with one attached hydrogen (secondary N) is 4. The average Bonchev–Trinajstić information content (AvgIpc) is 1.52. The number of amides is 4. The maximum absolute atomic E-state index is 14.3. The zero-order valence-corrected chi connectivity index (χ0v) is 69.4. The number of fused-ring (bicyclic) bond motifs is 6. The molecule has 27 heteroatoms. The first-order valence-corrected chi connectivity index (χ1v) is 40.7. The van der Waals surface area contributed by atoms with E-state index in [4.69, 9.17) is 0 Å². The van der Waals surface area contributed by atoms with E-state index in [2.05, 4.69) is 96.9 Å². The normalized spacial score (nSPS) is 12.7. The molecule has 18 rings (SSSR count). The Bertz CT molecular complexity index is 7410. The third kappa shape index (κ3) is 16.6. The molecule has 0 aliphatic carbocycles. The molecular weight excluding hydrogens is 1560 g/mol. The smallest absolute Gasteiger partial charge is 0.264 e. The number of likely N-dealkylation sites (tertiary alicyclic amines) is 1. The van der Waals surface area contributed by atoms with Gasteiger partial charge in [0.15, 0.2) is 16.9 Å². The highest BCUT2D eigenvalue weighted by Crippen LogP contribution is 2.30. The second-order valence-electron chi connectivity index (χ2n) is 29.8. The van der Waals surface area contributed by atoms with E-state index in [1.807, 2.05) is 203 Å². The molecule has 6 aromatic carbocycles. The minimum absolute atomic E-state index is 0.0913. The number of para-hydroxylation sites is 3. The van der Waals surface area contributed by atoms with Crippen molar-refractivity contribution in [3.8, 4) is 52.6 Å². The van der Waals surface area contributed by atoms with Crippen LogP contribution in [0.5, 0.6) is 0 Å². The number of aromatic nitrogens is 15. The van der Waals surface area contributed by atoms with E-state index in [-0.39, 0.29) is 46.2 Å². The largest absolute Gasteiger partial charge is 0.344 e. The number of pyridine rings is 3. The lowest BCUT2D eigenvalue weighted by Gasteiger charge is -2.28. The number of thiazole rings is 1. The molecule has 1 fully saturated rings. The van der Waals surface area contributed by atoms with Gasteiger partial charge in [0.05, 0.1) is 73.8 Å². The van der Waals surface area contributed by atoms with Gasteiger partial charge in [-0.15, -0.1) is 11.3 Å². The van der Waals surface area contributed by atoms with E-state index in [0.717, 1.165) is 50.1 Å². The first-order chi connectivity index (χ1) is 59.6. The van der Waals surface area contributed by atoms with E-state index in [9.17, 15) is 33.6 Å². The van der Waals surface area contributed by atoms with E-state index in [1.54, 1.807) is 123 Å². The Morgan fingerprint density at radius 1 is 0.455 bits per heavy atom. The van der Waals surface area contributed by atoms with E-state index in [0.29, 0.717) is 131 Å². The lowest BCUT2D eigenvalue weighted by molar-refractivity contribution is -0.129. The van der Waals surface area contributed by atoms with Crippen molar-refractivity contribution in [3.63, 3.8) is 0 Å². The molecule has 1 saturated heterocycles. The minimum Gasteiger partial charge on any atom is -0.344 e. The van der Waals surface area contributed by atoms with Crippen LogP contribution in [-0.4, -0.2) is 114 Å². The standard InChI is InChI=1S/C34H32N6O3.C32H26N6O2S.C30H23N7O2/c1-22(36-33(42)30-23(2)37-39-18-8-17-35-32(30)39)29-21-27-10-7-9-26(14-13-25-15-19-38(20-16-25)24(3)41)31(27)34(43)40(29)28-11-5-4-6-12-28;1-19(35-31(39)28-21(3)36-37-17-9-16-33-30(28)37)26-18-24-11-8-10-23(14-15-27-20(2)34-22(4)41-27)29(24)32(40)38(26)25-12-6-5-7-13-25;1-19(34-29(38)26-20(2)35-36-15-7-14-31-28(26)36)25-16-23-9-6-8-22(13-12-21-17-32-33-18-21)27(23)30(39)37(25)24-10-4-3-5-11-24/h4-12,17-18,21-22,25H,15-16,19-20H2,1-3H3,(H,36,42);5-13,16-19H,1-4H3,(H,35,39);3-11,14-19H,1-2H3,(H,32,33)(H,34,38)/t22-;2*19-/m000/s1. The quantitative estimate of drug-likeness (QED) is 0.0826. The van der Waals surface area contributed by atoms with Crippen molar-refractivity contribution in [2.24, 2.45) is 5.92 Å². The lowest BCUT2D eigenvalue weighted by atomic mass is 9.96. The van der Waals surface area contributed by atoms with Gasteiger partial charge in [0.1, 0.15) is 21.6 Å². The average molecular weight is 1640 g/mol. The summed E-state index contributed by atoms with van der Waals surface area (Å²) in [5.41, 5.74) is 11.2. The van der Waals surface area contributed by atoms with Crippen molar-refractivity contribution in [1.29, 1.82) is 0 Å². The summed E-state index contributed by atoms with van der Waals surface area (Å²) in [6.45, 7) is 17.8. The molecule has 4 amide bonds. The summed E-state index contributed by atoms with van der Waals surface area (Å²) in [5.74, 6) is 18.6. The van der Waals surface area contributed by atoms with Gasteiger partial charge in [-0.25, -0.2) is 33.5 Å². The van der Waals surface area contributed by atoms with E-state index < -0.39 is 18.1 Å². The third-order valence-electron chi connectivity index (χ3n) is 21.4. The number of benzene rings is 6. The molecule has 1 aliphatic heterocycles. The molecule has 608 valence electrons. The molecule has 26 nitrogen and oxygen atoms in total. The number of aromatic amines is 1. The molecule has 3 atom stereocenters. The van der Waals surface area contributed by atoms with Crippen LogP contribution >= 0.6 is 11.3 Å². The maximum Gasteiger partial charge on any atom is 0.264 e. The maximum atomic E-state index is 14.3. The van der Waals surface area contributed by atoms with Gasteiger partial charge in [0.25, 0.3) is 34.4 Å². The SMILES string of the molecule is CC(=O)N1CCC(C#Cc2cccc3cc([C@H](C)NC(=O)c4c(C)nn5cccnc45)n(-c4ccccc4)c(=O)c23)CC1.Cc1nc(C)c(C#Cc2cccc3cc([C@H](C)NC(=O)c4c(C)nn5cccnc45)n(-c4ccccc4)c(=O)c23)s1.Cc1nn2cccnc2c1C(=O)N[C@@H](C)c1cc2cccc(C#Cc3cn[nH]c3)c2c(=O)n1-c1ccccc1. The van der Waals surface area contributed by atoms with Crippen molar-refractivity contribution in [2.45, 2.75) is 93.3 Å². The molecule has 0 radical (unpaired) electrons. The Morgan fingerprint density at radius 3 is 1.18 bits per heavy atom. The summed E-state index contributed by atoms with van der Waals surface area (Å²) >= 11 is 1.54. The number of H-pyrrole nitrogens is 1. The molecule has 12 heterocycles. The topological polar surface area (TPSA) is 306 Å². The Kier molecular flexibility index (Phi) is 23.1. The summed E-state index contributed by atoms with van der Waals surface area (Å²) < 4.78 is 9.70. The number of carbonyl (C=O) groups is 4. The Hall–Kier alpha value is -15.8. The predicted octanol–water partition coefficient (Wildman–Crippen LogP) is 13.7. The van der Waals surface area contributed by atoms with E-state index in [1.165, 1.54) is 11.3 Å². The number of hydrogen-bond acceptors (Lipinski definition) is 16. The van der Waals surface area contributed by atoms with Gasteiger partial charge < -0.3 is 20.9 Å². The zero-order chi connectivity index (χ0) is 85.7. The summed E-state index contributed by atoms with van der Waals surface area (Å²) in [6, 6.07) is 54.7. The summed E-state index contributed by atoms with van der Waals surface area (Å²) in [4.78, 5) is 115. The van der Waals surface area contributed by atoms with Crippen molar-refractivity contribution >= 4 is 84.2 Å². The second kappa shape index (κ2) is 35.0. The zero-order valence-electron chi connectivity index (χ0n) is 68.6. The molecule has 11 aromatic heterocycles. The molecular formula is C96H81N19O7S. The summed E-state index contributed by atoms with van der Waals surface area (Å²) in [5, 5.41) is 33.8. The van der Waals surface area contributed by atoms with Crippen LogP contribution in [0.4, 0.5) is 0 Å². The van der Waals surface area contributed by atoms with Gasteiger partial charge in [-0.05, 0) is 181 Å². The highest BCUT2D eigenvalue weighted by molar-refractivity contribution is 7.12. The van der Waals surface area contributed by atoms with Gasteiger partial charge in [-0.3, -0.25) is 52.4 Å². The van der Waals surface area contributed by atoms with Crippen LogP contribution in [-0.2, 0) is 4.79 Å².